The Morgan fingerprint density at radius 2 is 2.05 bits per heavy atom. The third-order valence-corrected chi connectivity index (χ3v) is 2.97. The van der Waals surface area contributed by atoms with E-state index in [1.807, 2.05) is 44.2 Å². The number of halogens is 1. The van der Waals surface area contributed by atoms with E-state index in [0.29, 0.717) is 6.42 Å². The molecule has 0 bridgehead atoms. The van der Waals surface area contributed by atoms with Crippen LogP contribution in [0.1, 0.15) is 29.7 Å². The summed E-state index contributed by atoms with van der Waals surface area (Å²) in [5.74, 6) is 0.818. The predicted molar refractivity (Wildman–Crippen MR) is 78.4 cm³/mol. The molecule has 4 heteroatoms. The fourth-order valence-electron chi connectivity index (χ4n) is 2.04. The van der Waals surface area contributed by atoms with Crippen molar-refractivity contribution in [2.24, 2.45) is 5.73 Å². The number of hydrogen-bond acceptors (Lipinski definition) is 3. The molecular weight excluding hydrogens is 258 g/mol. The third-order valence-electron chi connectivity index (χ3n) is 2.74. The lowest BCUT2D eigenvalue weighted by molar-refractivity contribution is 0.711. The molecule has 0 spiro atoms. The van der Waals surface area contributed by atoms with Gasteiger partial charge in [0, 0.05) is 35.3 Å². The molecule has 1 aromatic heterocycles. The molecule has 1 heterocycles. The Morgan fingerprint density at radius 3 is 2.74 bits per heavy atom. The highest BCUT2D eigenvalue weighted by atomic mass is 35.5. The SMILES string of the molecule is Cc1cc(CC(C)N)nc(Cc2cccc(Cl)c2)n1. The smallest absolute Gasteiger partial charge is 0.133 e. The first-order valence-corrected chi connectivity index (χ1v) is 6.74. The summed E-state index contributed by atoms with van der Waals surface area (Å²) in [4.78, 5) is 9.04. The Bertz CT molecular complexity index is 567. The van der Waals surface area contributed by atoms with Gasteiger partial charge < -0.3 is 5.73 Å². The van der Waals surface area contributed by atoms with E-state index < -0.39 is 0 Å². The summed E-state index contributed by atoms with van der Waals surface area (Å²) in [5.41, 5.74) is 8.91. The number of nitrogens with zero attached hydrogens (tertiary/aromatic N) is 2. The van der Waals surface area contributed by atoms with E-state index in [4.69, 9.17) is 17.3 Å². The second-order valence-electron chi connectivity index (χ2n) is 4.90. The summed E-state index contributed by atoms with van der Waals surface area (Å²) in [6.45, 7) is 3.96. The maximum atomic E-state index is 5.99. The van der Waals surface area contributed by atoms with Crippen molar-refractivity contribution in [3.63, 3.8) is 0 Å². The summed E-state index contributed by atoms with van der Waals surface area (Å²) >= 11 is 5.99. The van der Waals surface area contributed by atoms with Crippen LogP contribution in [0.5, 0.6) is 0 Å². The summed E-state index contributed by atoms with van der Waals surface area (Å²) < 4.78 is 0. The van der Waals surface area contributed by atoms with Crippen LogP contribution in [0.3, 0.4) is 0 Å². The molecule has 1 atom stereocenters. The minimum absolute atomic E-state index is 0.105. The topological polar surface area (TPSA) is 51.8 Å². The largest absolute Gasteiger partial charge is 0.328 e. The van der Waals surface area contributed by atoms with Crippen LogP contribution in [-0.2, 0) is 12.8 Å². The molecule has 0 aliphatic rings. The van der Waals surface area contributed by atoms with E-state index >= 15 is 0 Å². The van der Waals surface area contributed by atoms with Crippen LogP contribution in [0.25, 0.3) is 0 Å². The first-order chi connectivity index (χ1) is 9.02. The van der Waals surface area contributed by atoms with Gasteiger partial charge in [0.2, 0.25) is 0 Å². The molecule has 1 aromatic carbocycles. The standard InChI is InChI=1S/C15H18ClN3/c1-10(17)6-14-7-11(2)18-15(19-14)9-12-4-3-5-13(16)8-12/h3-5,7-8,10H,6,9,17H2,1-2H3. The maximum Gasteiger partial charge on any atom is 0.133 e. The molecule has 0 radical (unpaired) electrons. The molecule has 0 aliphatic heterocycles. The van der Waals surface area contributed by atoms with Crippen molar-refractivity contribution in [3.8, 4) is 0 Å². The van der Waals surface area contributed by atoms with Gasteiger partial charge in [-0.2, -0.15) is 0 Å². The zero-order valence-corrected chi connectivity index (χ0v) is 12.0. The fourth-order valence-corrected chi connectivity index (χ4v) is 2.26. The van der Waals surface area contributed by atoms with Gasteiger partial charge in [0.05, 0.1) is 0 Å². The quantitative estimate of drug-likeness (QED) is 0.933. The van der Waals surface area contributed by atoms with Crippen molar-refractivity contribution in [3.05, 3.63) is 58.1 Å². The minimum Gasteiger partial charge on any atom is -0.328 e. The molecule has 0 fully saturated rings. The number of aryl methyl sites for hydroxylation is 1. The normalized spacial score (nSPS) is 12.4. The number of rotatable bonds is 4. The van der Waals surface area contributed by atoms with Crippen LogP contribution in [0.4, 0.5) is 0 Å². The highest BCUT2D eigenvalue weighted by Crippen LogP contribution is 2.14. The lowest BCUT2D eigenvalue weighted by atomic mass is 10.1. The van der Waals surface area contributed by atoms with E-state index in [2.05, 4.69) is 9.97 Å². The maximum absolute atomic E-state index is 5.99. The molecule has 0 saturated carbocycles. The van der Waals surface area contributed by atoms with Crippen molar-refractivity contribution in [2.45, 2.75) is 32.7 Å². The Kier molecular flexibility index (Phi) is 4.51. The van der Waals surface area contributed by atoms with Gasteiger partial charge in [-0.25, -0.2) is 9.97 Å². The monoisotopic (exact) mass is 275 g/mol. The summed E-state index contributed by atoms with van der Waals surface area (Å²) in [7, 11) is 0. The first kappa shape index (κ1) is 14.0. The van der Waals surface area contributed by atoms with Gasteiger partial charge in [-0.1, -0.05) is 23.7 Å². The van der Waals surface area contributed by atoms with Crippen LogP contribution in [-0.4, -0.2) is 16.0 Å². The molecule has 1 unspecified atom stereocenters. The number of nitrogens with two attached hydrogens (primary N) is 1. The predicted octanol–water partition coefficient (Wildman–Crippen LogP) is 2.92. The van der Waals surface area contributed by atoms with Crippen LogP contribution in [0.15, 0.2) is 30.3 Å². The highest BCUT2D eigenvalue weighted by Gasteiger charge is 2.06. The Morgan fingerprint density at radius 1 is 1.26 bits per heavy atom. The van der Waals surface area contributed by atoms with Gasteiger partial charge in [0.1, 0.15) is 5.82 Å². The van der Waals surface area contributed by atoms with Crippen molar-refractivity contribution < 1.29 is 0 Å². The average Bonchev–Trinajstić information content (AvgIpc) is 2.26. The fraction of sp³-hybridized carbons (Fsp3) is 0.333. The van der Waals surface area contributed by atoms with Crippen LogP contribution in [0.2, 0.25) is 5.02 Å². The molecule has 0 saturated heterocycles. The van der Waals surface area contributed by atoms with Gasteiger partial charge in [0.25, 0.3) is 0 Å². The van der Waals surface area contributed by atoms with Crippen molar-refractivity contribution >= 4 is 11.6 Å². The van der Waals surface area contributed by atoms with Gasteiger partial charge in [-0.05, 0) is 37.6 Å². The van der Waals surface area contributed by atoms with Gasteiger partial charge in [0.15, 0.2) is 0 Å². The molecule has 0 amide bonds. The van der Waals surface area contributed by atoms with E-state index in [-0.39, 0.29) is 6.04 Å². The van der Waals surface area contributed by atoms with E-state index in [1.54, 1.807) is 0 Å². The summed E-state index contributed by atoms with van der Waals surface area (Å²) in [5, 5.41) is 0.737. The van der Waals surface area contributed by atoms with Crippen molar-refractivity contribution in [1.29, 1.82) is 0 Å². The summed E-state index contributed by atoms with van der Waals surface area (Å²) in [6.07, 6.45) is 1.46. The molecule has 19 heavy (non-hydrogen) atoms. The number of benzene rings is 1. The second-order valence-corrected chi connectivity index (χ2v) is 5.34. The molecule has 2 aromatic rings. The van der Waals surface area contributed by atoms with Gasteiger partial charge in [-0.3, -0.25) is 0 Å². The zero-order valence-electron chi connectivity index (χ0n) is 11.2. The van der Waals surface area contributed by atoms with Gasteiger partial charge >= 0.3 is 0 Å². The molecule has 0 aliphatic carbocycles. The lowest BCUT2D eigenvalue weighted by Gasteiger charge is -2.08. The molecule has 100 valence electrons. The molecule has 2 rings (SSSR count). The Hall–Kier alpha value is -1.45. The van der Waals surface area contributed by atoms with Crippen molar-refractivity contribution in [2.75, 3.05) is 0 Å². The number of aromatic nitrogens is 2. The molecule has 3 nitrogen and oxygen atoms in total. The Labute approximate surface area is 118 Å². The van der Waals surface area contributed by atoms with Gasteiger partial charge in [-0.15, -0.1) is 0 Å². The minimum atomic E-state index is 0.105. The third kappa shape index (κ3) is 4.30. The Balaban J connectivity index is 2.22. The van der Waals surface area contributed by atoms with E-state index in [0.717, 1.165) is 34.2 Å². The second kappa shape index (κ2) is 6.13. The summed E-state index contributed by atoms with van der Waals surface area (Å²) in [6, 6.07) is 9.87. The van der Waals surface area contributed by atoms with Crippen LogP contribution >= 0.6 is 11.6 Å². The first-order valence-electron chi connectivity index (χ1n) is 6.36. The highest BCUT2D eigenvalue weighted by molar-refractivity contribution is 6.30. The number of hydrogen-bond donors (Lipinski definition) is 1. The molecular formula is C15H18ClN3. The van der Waals surface area contributed by atoms with Crippen LogP contribution in [0, 0.1) is 6.92 Å². The van der Waals surface area contributed by atoms with E-state index in [9.17, 15) is 0 Å². The average molecular weight is 276 g/mol. The molecule has 2 N–H and O–H groups in total. The van der Waals surface area contributed by atoms with Crippen molar-refractivity contribution in [1.82, 2.24) is 9.97 Å². The van der Waals surface area contributed by atoms with Crippen LogP contribution < -0.4 is 5.73 Å². The van der Waals surface area contributed by atoms with E-state index in [1.165, 1.54) is 0 Å². The zero-order chi connectivity index (χ0) is 13.8. The lowest BCUT2D eigenvalue weighted by Crippen LogP contribution is -2.19.